The fourth-order valence-electron chi connectivity index (χ4n) is 2.57. The van der Waals surface area contributed by atoms with Gasteiger partial charge in [-0.3, -0.25) is 15.2 Å². The zero-order valence-corrected chi connectivity index (χ0v) is 15.1. The zero-order valence-electron chi connectivity index (χ0n) is 14.3. The van der Waals surface area contributed by atoms with Gasteiger partial charge in [0.25, 0.3) is 0 Å². The van der Waals surface area contributed by atoms with Crippen molar-refractivity contribution in [2.75, 3.05) is 5.75 Å². The van der Waals surface area contributed by atoms with E-state index in [2.05, 4.69) is 20.5 Å². The molecule has 8 nitrogen and oxygen atoms in total. The van der Waals surface area contributed by atoms with Gasteiger partial charge in [-0.25, -0.2) is 0 Å². The molecule has 27 heavy (non-hydrogen) atoms. The molecule has 0 aliphatic heterocycles. The number of hydrogen-bond donors (Lipinski definition) is 4. The summed E-state index contributed by atoms with van der Waals surface area (Å²) >= 11 is 1.04. The molecular weight excluding hydrogens is 368 g/mol. The minimum absolute atomic E-state index is 0.103. The van der Waals surface area contributed by atoms with Crippen LogP contribution < -0.4 is 5.32 Å². The molecule has 0 bridgehead atoms. The number of aromatic amines is 1. The first-order valence-corrected chi connectivity index (χ1v) is 9.49. The molecule has 1 unspecified atom stereocenters. The number of thioether (sulfide) groups is 1. The van der Waals surface area contributed by atoms with Crippen LogP contribution in [-0.4, -0.2) is 43.2 Å². The highest BCUT2D eigenvalue weighted by Crippen LogP contribution is 2.29. The Labute approximate surface area is 159 Å². The van der Waals surface area contributed by atoms with E-state index in [1.165, 1.54) is 0 Å². The van der Waals surface area contributed by atoms with Crippen molar-refractivity contribution in [1.82, 2.24) is 20.5 Å². The Kier molecular flexibility index (Phi) is 4.97. The summed E-state index contributed by atoms with van der Waals surface area (Å²) < 4.78 is 5.83. The number of carbonyl (C=O) groups is 1. The number of benzene rings is 1. The summed E-state index contributed by atoms with van der Waals surface area (Å²) in [4.78, 5) is 14.8. The molecule has 1 fully saturated rings. The van der Waals surface area contributed by atoms with Crippen LogP contribution in [0.4, 0.5) is 0 Å². The smallest absolute Gasteiger partial charge is 0.313 e. The third-order valence-corrected chi connectivity index (χ3v) is 4.94. The molecule has 0 spiro atoms. The highest BCUT2D eigenvalue weighted by atomic mass is 32.2. The third-order valence-electron chi connectivity index (χ3n) is 4.11. The summed E-state index contributed by atoms with van der Waals surface area (Å²) in [6, 6.07) is 11.6. The molecule has 1 atom stereocenters. The first-order valence-electron chi connectivity index (χ1n) is 8.50. The van der Waals surface area contributed by atoms with Crippen LogP contribution in [0.15, 0.2) is 46.0 Å². The van der Waals surface area contributed by atoms with E-state index in [9.17, 15) is 9.90 Å². The minimum Gasteiger partial charge on any atom is -0.481 e. The van der Waals surface area contributed by atoms with Gasteiger partial charge < -0.3 is 14.6 Å². The summed E-state index contributed by atoms with van der Waals surface area (Å²) in [5.41, 5.74) is 1.69. The van der Waals surface area contributed by atoms with Crippen molar-refractivity contribution in [3.63, 3.8) is 0 Å². The molecule has 1 aliphatic carbocycles. The number of nitrogens with one attached hydrogen (secondary N) is 2. The number of aliphatic carboxylic acids is 1. The molecule has 4 rings (SSSR count). The van der Waals surface area contributed by atoms with E-state index in [0.29, 0.717) is 28.5 Å². The molecule has 1 aliphatic rings. The summed E-state index contributed by atoms with van der Waals surface area (Å²) in [5, 5.41) is 29.1. The summed E-state index contributed by atoms with van der Waals surface area (Å²) in [6.45, 7) is 0. The molecule has 0 radical (unpaired) electrons. The van der Waals surface area contributed by atoms with Gasteiger partial charge in [0.1, 0.15) is 12.0 Å². The van der Waals surface area contributed by atoms with Gasteiger partial charge in [-0.1, -0.05) is 36.0 Å². The molecule has 9 heteroatoms. The number of aliphatic hydroxyl groups is 1. The fourth-order valence-corrected chi connectivity index (χ4v) is 3.09. The summed E-state index contributed by atoms with van der Waals surface area (Å²) in [7, 11) is 0. The number of rotatable bonds is 8. The normalized spacial score (nSPS) is 15.0. The topological polar surface area (TPSA) is 124 Å². The monoisotopic (exact) mass is 386 g/mol. The minimum atomic E-state index is -0.924. The van der Waals surface area contributed by atoms with Crippen molar-refractivity contribution in [2.24, 2.45) is 0 Å². The molecule has 0 amide bonds. The van der Waals surface area contributed by atoms with E-state index in [1.54, 1.807) is 6.07 Å². The number of nitrogens with zero attached hydrogens (tertiary/aromatic N) is 2. The lowest BCUT2D eigenvalue weighted by Gasteiger charge is -2.12. The highest BCUT2D eigenvalue weighted by Gasteiger charge is 2.24. The van der Waals surface area contributed by atoms with E-state index in [4.69, 9.17) is 9.52 Å². The molecular formula is C18H18N4O4S. The van der Waals surface area contributed by atoms with Crippen LogP contribution >= 0.6 is 11.8 Å². The molecule has 2 aromatic heterocycles. The number of aromatic nitrogens is 3. The molecule has 1 aromatic carbocycles. The lowest BCUT2D eigenvalue weighted by molar-refractivity contribution is -0.133. The summed E-state index contributed by atoms with van der Waals surface area (Å²) in [5.74, 6) is 0.591. The first kappa shape index (κ1) is 17.8. The van der Waals surface area contributed by atoms with Crippen LogP contribution in [0.25, 0.3) is 22.9 Å². The van der Waals surface area contributed by atoms with Gasteiger partial charge in [0.05, 0.1) is 5.75 Å². The second-order valence-corrected chi connectivity index (χ2v) is 7.22. The van der Waals surface area contributed by atoms with Crippen LogP contribution in [0.1, 0.15) is 24.6 Å². The maximum atomic E-state index is 10.6. The predicted octanol–water partition coefficient (Wildman–Crippen LogP) is 2.65. The van der Waals surface area contributed by atoms with Gasteiger partial charge in [0.15, 0.2) is 11.6 Å². The Morgan fingerprint density at radius 2 is 2.00 bits per heavy atom. The summed E-state index contributed by atoms with van der Waals surface area (Å²) in [6.07, 6.45) is 1.57. The quantitative estimate of drug-likeness (QED) is 0.344. The maximum Gasteiger partial charge on any atom is 0.313 e. The van der Waals surface area contributed by atoms with Crippen molar-refractivity contribution in [3.05, 3.63) is 42.0 Å². The van der Waals surface area contributed by atoms with Crippen molar-refractivity contribution in [3.8, 4) is 22.9 Å². The standard InChI is InChI=1S/C18H18N4O4S/c23-15(24)9-27-18-20-16(21-22-18)14-8-7-13(26-14)10-1-3-11(4-2-10)17(25)19-12-5-6-12/h1-4,7-8,12,17,19,25H,5-6,9H2,(H,23,24)(H,20,21,22). The average molecular weight is 386 g/mol. The zero-order chi connectivity index (χ0) is 18.8. The average Bonchev–Trinajstić information content (AvgIpc) is 3.16. The van der Waals surface area contributed by atoms with Crippen LogP contribution in [0.3, 0.4) is 0 Å². The van der Waals surface area contributed by atoms with E-state index in [1.807, 2.05) is 30.3 Å². The lowest BCUT2D eigenvalue weighted by atomic mass is 10.1. The van der Waals surface area contributed by atoms with Crippen LogP contribution in [0.5, 0.6) is 0 Å². The Balaban J connectivity index is 1.45. The van der Waals surface area contributed by atoms with Gasteiger partial charge in [-0.2, -0.15) is 4.98 Å². The Bertz CT molecular complexity index is 933. The fraction of sp³-hybridized carbons (Fsp3) is 0.278. The van der Waals surface area contributed by atoms with Crippen LogP contribution in [0.2, 0.25) is 0 Å². The number of aliphatic hydroxyl groups excluding tert-OH is 1. The van der Waals surface area contributed by atoms with Crippen molar-refractivity contribution < 1.29 is 19.4 Å². The third kappa shape index (κ3) is 4.38. The van der Waals surface area contributed by atoms with Gasteiger partial charge in [0, 0.05) is 11.6 Å². The van der Waals surface area contributed by atoms with Gasteiger partial charge in [-0.05, 0) is 30.5 Å². The number of hydrogen-bond acceptors (Lipinski definition) is 7. The molecule has 2 heterocycles. The maximum absolute atomic E-state index is 10.6. The molecule has 3 aromatic rings. The number of carboxylic acids is 1. The Morgan fingerprint density at radius 3 is 2.70 bits per heavy atom. The number of carboxylic acid groups (broad SMARTS) is 1. The Morgan fingerprint density at radius 1 is 1.26 bits per heavy atom. The van der Waals surface area contributed by atoms with Crippen molar-refractivity contribution in [1.29, 1.82) is 0 Å². The van der Waals surface area contributed by atoms with Gasteiger partial charge in [-0.15, -0.1) is 5.10 Å². The van der Waals surface area contributed by atoms with E-state index in [-0.39, 0.29) is 5.75 Å². The predicted molar refractivity (Wildman–Crippen MR) is 99.0 cm³/mol. The van der Waals surface area contributed by atoms with Gasteiger partial charge >= 0.3 is 5.97 Å². The molecule has 140 valence electrons. The lowest BCUT2D eigenvalue weighted by Crippen LogP contribution is -2.22. The molecule has 4 N–H and O–H groups in total. The second kappa shape index (κ2) is 7.55. The van der Waals surface area contributed by atoms with E-state index >= 15 is 0 Å². The molecule has 0 saturated heterocycles. The Hall–Kier alpha value is -2.62. The molecule has 1 saturated carbocycles. The number of H-pyrrole nitrogens is 1. The number of furan rings is 1. The van der Waals surface area contributed by atoms with Crippen LogP contribution in [0, 0.1) is 0 Å². The van der Waals surface area contributed by atoms with Crippen molar-refractivity contribution >= 4 is 17.7 Å². The first-order chi connectivity index (χ1) is 13.1. The van der Waals surface area contributed by atoms with Crippen LogP contribution in [-0.2, 0) is 4.79 Å². The highest BCUT2D eigenvalue weighted by molar-refractivity contribution is 7.99. The van der Waals surface area contributed by atoms with Crippen molar-refractivity contribution in [2.45, 2.75) is 30.3 Å². The second-order valence-electron chi connectivity index (χ2n) is 6.28. The van der Waals surface area contributed by atoms with Gasteiger partial charge in [0.2, 0.25) is 5.16 Å². The van der Waals surface area contributed by atoms with E-state index in [0.717, 1.165) is 35.7 Å². The SMILES string of the molecule is O=C(O)CSc1n[nH]c(-c2ccc(-c3ccc(C(O)NC4CC4)cc3)o2)n1. The van der Waals surface area contributed by atoms with E-state index < -0.39 is 12.2 Å². The largest absolute Gasteiger partial charge is 0.481 e.